The number of aliphatic carboxylic acids is 1. The van der Waals surface area contributed by atoms with Crippen LogP contribution >= 0.6 is 35.0 Å². The Hall–Kier alpha value is -1.44. The van der Waals surface area contributed by atoms with Crippen LogP contribution in [-0.2, 0) is 14.3 Å². The lowest BCUT2D eigenvalue weighted by Gasteiger charge is -2.19. The van der Waals surface area contributed by atoms with E-state index in [-0.39, 0.29) is 27.9 Å². The van der Waals surface area contributed by atoms with Crippen LogP contribution in [0.5, 0.6) is 0 Å². The van der Waals surface area contributed by atoms with Gasteiger partial charge in [0.05, 0.1) is 21.4 Å². The van der Waals surface area contributed by atoms with Crippen LogP contribution in [0.15, 0.2) is 17.0 Å². The average molecular weight is 394 g/mol. The first-order valence-electron chi connectivity index (χ1n) is 6.83. The number of thioether (sulfide) groups is 1. The Bertz CT molecular complexity index is 658. The molecule has 0 spiro atoms. The third kappa shape index (κ3) is 6.98. The van der Waals surface area contributed by atoms with Gasteiger partial charge in [-0.15, -0.1) is 11.8 Å². The van der Waals surface area contributed by atoms with Crippen molar-refractivity contribution in [3.8, 4) is 0 Å². The Morgan fingerprint density at radius 2 is 1.83 bits per heavy atom. The summed E-state index contributed by atoms with van der Waals surface area (Å²) in [6.07, 6.45) is 0. The molecular weight excluding hydrogens is 377 g/mol. The van der Waals surface area contributed by atoms with Crippen LogP contribution in [-0.4, -0.2) is 40.9 Å². The zero-order valence-corrected chi connectivity index (χ0v) is 15.6. The van der Waals surface area contributed by atoms with E-state index < -0.39 is 23.4 Å². The molecule has 9 heteroatoms. The van der Waals surface area contributed by atoms with Gasteiger partial charge in [-0.3, -0.25) is 14.4 Å². The van der Waals surface area contributed by atoms with Gasteiger partial charge >= 0.3 is 11.9 Å². The summed E-state index contributed by atoms with van der Waals surface area (Å²) < 4.78 is 5.08. The summed E-state index contributed by atoms with van der Waals surface area (Å²) in [5.74, 6) is -2.33. The lowest BCUT2D eigenvalue weighted by molar-refractivity contribution is -0.153. The minimum atomic E-state index is -0.994. The maximum absolute atomic E-state index is 12.1. The molecule has 0 saturated heterocycles. The number of halogens is 2. The second kappa shape index (κ2) is 8.60. The summed E-state index contributed by atoms with van der Waals surface area (Å²) in [7, 11) is 0. The fourth-order valence-electron chi connectivity index (χ4n) is 1.58. The number of nitrogens with one attached hydrogen (secondary N) is 1. The Morgan fingerprint density at radius 1 is 1.21 bits per heavy atom. The van der Waals surface area contributed by atoms with Crippen molar-refractivity contribution >= 4 is 52.8 Å². The van der Waals surface area contributed by atoms with Crippen LogP contribution in [0.25, 0.3) is 0 Å². The smallest absolute Gasteiger partial charge is 0.325 e. The van der Waals surface area contributed by atoms with Gasteiger partial charge in [0, 0.05) is 4.90 Å². The third-order valence-corrected chi connectivity index (χ3v) is 4.21. The number of hydrogen-bond acceptors (Lipinski definition) is 5. The quantitative estimate of drug-likeness (QED) is 0.569. The van der Waals surface area contributed by atoms with Crippen molar-refractivity contribution in [2.45, 2.75) is 31.3 Å². The molecule has 0 atom stereocenters. The number of esters is 1. The lowest BCUT2D eigenvalue weighted by atomic mass is 10.2. The van der Waals surface area contributed by atoms with E-state index in [1.54, 1.807) is 20.8 Å². The number of carbonyl (C=O) groups is 3. The van der Waals surface area contributed by atoms with Gasteiger partial charge in [-0.2, -0.15) is 0 Å². The molecule has 1 rings (SSSR count). The van der Waals surface area contributed by atoms with Gasteiger partial charge in [-0.25, -0.2) is 0 Å². The maximum Gasteiger partial charge on any atom is 0.325 e. The zero-order valence-electron chi connectivity index (χ0n) is 13.3. The number of hydrogen-bond donors (Lipinski definition) is 2. The Labute approximate surface area is 153 Å². The van der Waals surface area contributed by atoms with E-state index in [1.165, 1.54) is 12.1 Å². The molecule has 2 N–H and O–H groups in total. The van der Waals surface area contributed by atoms with E-state index in [0.29, 0.717) is 4.90 Å². The predicted molar refractivity (Wildman–Crippen MR) is 93.0 cm³/mol. The molecule has 0 aliphatic carbocycles. The number of ether oxygens (including phenoxy) is 1. The van der Waals surface area contributed by atoms with Gasteiger partial charge in [0.25, 0.3) is 5.91 Å². The van der Waals surface area contributed by atoms with Crippen molar-refractivity contribution in [3.05, 3.63) is 27.7 Å². The van der Waals surface area contributed by atoms with Gasteiger partial charge in [-0.1, -0.05) is 23.2 Å². The van der Waals surface area contributed by atoms with Crippen LogP contribution in [0.1, 0.15) is 31.1 Å². The number of benzene rings is 1. The minimum Gasteiger partial charge on any atom is -0.481 e. The molecule has 0 bridgehead atoms. The average Bonchev–Trinajstić information content (AvgIpc) is 2.43. The van der Waals surface area contributed by atoms with E-state index in [0.717, 1.165) is 11.8 Å². The lowest BCUT2D eigenvalue weighted by Crippen LogP contribution is -2.34. The van der Waals surface area contributed by atoms with Crippen LogP contribution in [0.3, 0.4) is 0 Å². The van der Waals surface area contributed by atoms with Gasteiger partial charge in [0.15, 0.2) is 0 Å². The van der Waals surface area contributed by atoms with E-state index in [4.69, 9.17) is 33.0 Å². The summed E-state index contributed by atoms with van der Waals surface area (Å²) in [6.45, 7) is 4.85. The molecular formula is C15H17Cl2NO5S. The predicted octanol–water partition coefficient (Wildman–Crippen LogP) is 3.24. The maximum atomic E-state index is 12.1. The van der Waals surface area contributed by atoms with Crippen molar-refractivity contribution in [2.24, 2.45) is 0 Å². The van der Waals surface area contributed by atoms with Crippen molar-refractivity contribution in [2.75, 3.05) is 12.3 Å². The van der Waals surface area contributed by atoms with Crippen LogP contribution in [0.2, 0.25) is 10.0 Å². The highest BCUT2D eigenvalue weighted by molar-refractivity contribution is 8.00. The monoisotopic (exact) mass is 393 g/mol. The number of carbonyl (C=O) groups excluding carboxylic acids is 2. The highest BCUT2D eigenvalue weighted by Gasteiger charge is 2.19. The molecule has 0 aliphatic heterocycles. The normalized spacial score (nSPS) is 11.0. The molecule has 132 valence electrons. The number of carboxylic acid groups (broad SMARTS) is 1. The van der Waals surface area contributed by atoms with E-state index in [2.05, 4.69) is 5.32 Å². The van der Waals surface area contributed by atoms with E-state index in [9.17, 15) is 14.4 Å². The SMILES string of the molecule is CC(C)(C)OC(=O)CNC(=O)c1cc(Cl)c(SCC(=O)O)cc1Cl. The third-order valence-electron chi connectivity index (χ3n) is 2.43. The molecule has 0 heterocycles. The first-order chi connectivity index (χ1) is 11.0. The topological polar surface area (TPSA) is 92.7 Å². The molecule has 24 heavy (non-hydrogen) atoms. The number of amides is 1. The highest BCUT2D eigenvalue weighted by Crippen LogP contribution is 2.32. The van der Waals surface area contributed by atoms with Crippen LogP contribution in [0, 0.1) is 0 Å². The fraction of sp³-hybridized carbons (Fsp3) is 0.400. The summed E-state index contributed by atoms with van der Waals surface area (Å²) >= 11 is 13.1. The number of rotatable bonds is 6. The molecule has 0 fully saturated rings. The molecule has 1 amide bonds. The van der Waals surface area contributed by atoms with Crippen molar-refractivity contribution in [3.63, 3.8) is 0 Å². The van der Waals surface area contributed by atoms with E-state index >= 15 is 0 Å². The second-order valence-electron chi connectivity index (χ2n) is 5.71. The Morgan fingerprint density at radius 3 is 2.38 bits per heavy atom. The first-order valence-corrected chi connectivity index (χ1v) is 8.57. The largest absolute Gasteiger partial charge is 0.481 e. The van der Waals surface area contributed by atoms with Crippen LogP contribution < -0.4 is 5.32 Å². The van der Waals surface area contributed by atoms with E-state index in [1.807, 2.05) is 0 Å². The van der Waals surface area contributed by atoms with Crippen molar-refractivity contribution in [1.82, 2.24) is 5.32 Å². The molecule has 0 aromatic heterocycles. The number of carboxylic acids is 1. The molecule has 0 radical (unpaired) electrons. The highest BCUT2D eigenvalue weighted by atomic mass is 35.5. The summed E-state index contributed by atoms with van der Waals surface area (Å²) in [5.41, 5.74) is -0.559. The Kier molecular flexibility index (Phi) is 7.38. The van der Waals surface area contributed by atoms with Crippen molar-refractivity contribution < 1.29 is 24.2 Å². The Balaban J connectivity index is 2.76. The second-order valence-corrected chi connectivity index (χ2v) is 7.55. The molecule has 0 aliphatic rings. The van der Waals surface area contributed by atoms with Gasteiger partial charge < -0.3 is 15.2 Å². The van der Waals surface area contributed by atoms with Crippen LogP contribution in [0.4, 0.5) is 0 Å². The summed E-state index contributed by atoms with van der Waals surface area (Å²) in [5, 5.41) is 11.4. The molecule has 1 aromatic carbocycles. The molecule has 0 unspecified atom stereocenters. The first kappa shape index (κ1) is 20.6. The van der Waals surface area contributed by atoms with Gasteiger partial charge in [-0.05, 0) is 32.9 Å². The molecule has 0 saturated carbocycles. The fourth-order valence-corrected chi connectivity index (χ4v) is 2.90. The molecule has 6 nitrogen and oxygen atoms in total. The van der Waals surface area contributed by atoms with Gasteiger partial charge in [0.1, 0.15) is 12.1 Å². The van der Waals surface area contributed by atoms with Gasteiger partial charge in [0.2, 0.25) is 0 Å². The molecule has 1 aromatic rings. The summed E-state index contributed by atoms with van der Waals surface area (Å²) in [4.78, 5) is 34.7. The van der Waals surface area contributed by atoms with Crippen molar-refractivity contribution in [1.29, 1.82) is 0 Å². The standard InChI is InChI=1S/C15H17Cl2NO5S/c1-15(2,3)23-13(21)6-18-14(22)8-4-10(17)11(5-9(8)16)24-7-12(19)20/h4-5H,6-7H2,1-3H3,(H,18,22)(H,19,20). The zero-order chi connectivity index (χ0) is 18.5. The summed E-state index contributed by atoms with van der Waals surface area (Å²) in [6, 6.07) is 2.75. The minimum absolute atomic E-state index is 0.0879.